The van der Waals surface area contributed by atoms with Crippen LogP contribution in [0.5, 0.6) is 0 Å². The Labute approximate surface area is 124 Å². The van der Waals surface area contributed by atoms with Crippen molar-refractivity contribution in [1.82, 2.24) is 0 Å². The van der Waals surface area contributed by atoms with E-state index in [1.165, 1.54) is 0 Å². The Morgan fingerprint density at radius 1 is 0.882 bits per heavy atom. The summed E-state index contributed by atoms with van der Waals surface area (Å²) in [4.78, 5) is 0. The maximum atomic E-state index is 6.17. The Hall–Kier alpha value is -0.210. The van der Waals surface area contributed by atoms with E-state index in [2.05, 4.69) is 15.9 Å². The third kappa shape index (κ3) is 3.17. The van der Waals surface area contributed by atoms with Crippen LogP contribution in [0, 0.1) is 0 Å². The minimum Gasteiger partial charge on any atom is -0.0876 e. The van der Waals surface area contributed by atoms with Gasteiger partial charge in [0.1, 0.15) is 0 Å². The first-order valence-electron chi connectivity index (χ1n) is 4.91. The zero-order valence-electron chi connectivity index (χ0n) is 8.68. The number of alkyl halides is 1. The van der Waals surface area contributed by atoms with Gasteiger partial charge in [0.25, 0.3) is 0 Å². The highest BCUT2D eigenvalue weighted by molar-refractivity contribution is 9.08. The van der Waals surface area contributed by atoms with E-state index in [0.29, 0.717) is 15.1 Å². The van der Waals surface area contributed by atoms with Crippen molar-refractivity contribution >= 4 is 50.7 Å². The smallest absolute Gasteiger partial charge is 0.0485 e. The fourth-order valence-electron chi connectivity index (χ4n) is 1.60. The molecule has 0 spiro atoms. The van der Waals surface area contributed by atoms with Gasteiger partial charge >= 0.3 is 0 Å². The summed E-state index contributed by atoms with van der Waals surface area (Å²) in [7, 11) is 0. The molecule has 17 heavy (non-hydrogen) atoms. The first-order chi connectivity index (χ1) is 8.10. The molecule has 0 saturated heterocycles. The highest BCUT2D eigenvalue weighted by Gasteiger charge is 2.06. The van der Waals surface area contributed by atoms with Gasteiger partial charge in [-0.15, -0.1) is 0 Å². The fraction of sp³-hybridized carbons (Fsp3) is 0.0769. The van der Waals surface area contributed by atoms with Crippen LogP contribution in [0.15, 0.2) is 36.4 Å². The zero-order valence-corrected chi connectivity index (χ0v) is 12.5. The highest BCUT2D eigenvalue weighted by Crippen LogP contribution is 2.33. The predicted octanol–water partition coefficient (Wildman–Crippen LogP) is 6.21. The Balaban J connectivity index is 2.59. The molecule has 0 aliphatic rings. The van der Waals surface area contributed by atoms with Gasteiger partial charge in [0, 0.05) is 26.0 Å². The van der Waals surface area contributed by atoms with E-state index in [9.17, 15) is 0 Å². The molecule has 2 rings (SSSR count). The van der Waals surface area contributed by atoms with Gasteiger partial charge < -0.3 is 0 Å². The molecule has 0 radical (unpaired) electrons. The summed E-state index contributed by atoms with van der Waals surface area (Å²) in [5.41, 5.74) is 2.96. The maximum absolute atomic E-state index is 6.17. The van der Waals surface area contributed by atoms with Crippen LogP contribution in [0.3, 0.4) is 0 Å². The molecule has 0 aromatic heterocycles. The van der Waals surface area contributed by atoms with Crippen molar-refractivity contribution in [2.75, 3.05) is 0 Å². The Morgan fingerprint density at radius 2 is 1.65 bits per heavy atom. The van der Waals surface area contributed by atoms with Crippen molar-refractivity contribution in [2.24, 2.45) is 0 Å². The van der Waals surface area contributed by atoms with E-state index >= 15 is 0 Å². The van der Waals surface area contributed by atoms with Gasteiger partial charge in [-0.25, -0.2) is 0 Å². The van der Waals surface area contributed by atoms with E-state index in [0.717, 1.165) is 22.0 Å². The highest BCUT2D eigenvalue weighted by atomic mass is 79.9. The summed E-state index contributed by atoms with van der Waals surface area (Å²) >= 11 is 21.6. The van der Waals surface area contributed by atoms with Crippen LogP contribution >= 0.6 is 50.7 Å². The normalized spacial score (nSPS) is 10.6. The first kappa shape index (κ1) is 13.2. The molecule has 0 bridgehead atoms. The van der Waals surface area contributed by atoms with E-state index in [4.69, 9.17) is 34.8 Å². The van der Waals surface area contributed by atoms with Crippen molar-refractivity contribution in [3.8, 4) is 11.1 Å². The molecule has 0 amide bonds. The molecule has 2 aromatic carbocycles. The van der Waals surface area contributed by atoms with Crippen molar-refractivity contribution in [2.45, 2.75) is 5.33 Å². The summed E-state index contributed by atoms with van der Waals surface area (Å²) in [6.45, 7) is 0. The fourth-order valence-corrected chi connectivity index (χ4v) is 2.58. The van der Waals surface area contributed by atoms with Crippen molar-refractivity contribution in [3.05, 3.63) is 57.0 Å². The Kier molecular flexibility index (Phi) is 4.37. The van der Waals surface area contributed by atoms with Crippen LogP contribution < -0.4 is 0 Å². The first-order valence-corrected chi connectivity index (χ1v) is 7.16. The van der Waals surface area contributed by atoms with Crippen LogP contribution in [-0.2, 0) is 5.33 Å². The average Bonchev–Trinajstić information content (AvgIpc) is 2.31. The topological polar surface area (TPSA) is 0 Å². The lowest BCUT2D eigenvalue weighted by atomic mass is 10.0. The van der Waals surface area contributed by atoms with Gasteiger partial charge in [-0.3, -0.25) is 0 Å². The molecule has 88 valence electrons. The second-order valence-electron chi connectivity index (χ2n) is 3.61. The van der Waals surface area contributed by atoms with Crippen LogP contribution in [0.2, 0.25) is 15.1 Å². The van der Waals surface area contributed by atoms with Gasteiger partial charge in [0.05, 0.1) is 0 Å². The molecule has 0 N–H and O–H groups in total. The third-order valence-corrected chi connectivity index (χ3v) is 3.78. The van der Waals surface area contributed by atoms with Crippen LogP contribution in [-0.4, -0.2) is 0 Å². The van der Waals surface area contributed by atoms with E-state index in [-0.39, 0.29) is 0 Å². The SMILES string of the molecule is Clc1cc(CBr)cc(-c2cc(Cl)ccc2Cl)c1. The molecule has 0 heterocycles. The summed E-state index contributed by atoms with van der Waals surface area (Å²) in [6, 6.07) is 11.2. The standard InChI is InChI=1S/C13H8BrCl3/c14-7-8-3-9(5-11(16)4-8)12-6-10(15)1-2-13(12)17/h1-6H,7H2. The van der Waals surface area contributed by atoms with E-state index in [1.54, 1.807) is 12.1 Å². The second kappa shape index (κ2) is 5.62. The molecule has 0 aliphatic carbocycles. The molecule has 2 aromatic rings. The van der Waals surface area contributed by atoms with Crippen LogP contribution in [0.25, 0.3) is 11.1 Å². The van der Waals surface area contributed by atoms with Crippen molar-refractivity contribution in [3.63, 3.8) is 0 Å². The monoisotopic (exact) mass is 348 g/mol. The largest absolute Gasteiger partial charge is 0.0876 e. The predicted molar refractivity (Wildman–Crippen MR) is 79.5 cm³/mol. The molecule has 0 nitrogen and oxygen atoms in total. The Bertz CT molecular complexity index is 552. The molecule has 0 unspecified atom stereocenters. The summed E-state index contributed by atoms with van der Waals surface area (Å²) in [5.74, 6) is 0. The third-order valence-electron chi connectivity index (χ3n) is 2.35. The quantitative estimate of drug-likeness (QED) is 0.565. The molecular formula is C13H8BrCl3. The molecule has 4 heteroatoms. The molecule has 0 saturated carbocycles. The van der Waals surface area contributed by atoms with Gasteiger partial charge in [0.2, 0.25) is 0 Å². The maximum Gasteiger partial charge on any atom is 0.0485 e. The average molecular weight is 350 g/mol. The lowest BCUT2D eigenvalue weighted by molar-refractivity contribution is 1.43. The zero-order chi connectivity index (χ0) is 12.4. The Morgan fingerprint density at radius 3 is 2.35 bits per heavy atom. The van der Waals surface area contributed by atoms with Crippen molar-refractivity contribution in [1.29, 1.82) is 0 Å². The number of benzene rings is 2. The van der Waals surface area contributed by atoms with Gasteiger partial charge in [0.15, 0.2) is 0 Å². The van der Waals surface area contributed by atoms with Gasteiger partial charge in [-0.05, 0) is 41.5 Å². The van der Waals surface area contributed by atoms with E-state index in [1.807, 2.05) is 24.3 Å². The van der Waals surface area contributed by atoms with Crippen LogP contribution in [0.4, 0.5) is 0 Å². The molecule has 0 fully saturated rings. The van der Waals surface area contributed by atoms with E-state index < -0.39 is 0 Å². The number of hydrogen-bond acceptors (Lipinski definition) is 0. The van der Waals surface area contributed by atoms with Crippen molar-refractivity contribution < 1.29 is 0 Å². The van der Waals surface area contributed by atoms with Gasteiger partial charge in [-0.1, -0.05) is 56.8 Å². The van der Waals surface area contributed by atoms with Gasteiger partial charge in [-0.2, -0.15) is 0 Å². The molecule has 0 aliphatic heterocycles. The number of hydrogen-bond donors (Lipinski definition) is 0. The number of halogens is 4. The lowest BCUT2D eigenvalue weighted by Gasteiger charge is -2.08. The summed E-state index contributed by atoms with van der Waals surface area (Å²) in [5, 5.41) is 2.76. The molecule has 0 atom stereocenters. The second-order valence-corrected chi connectivity index (χ2v) is 5.45. The molecular weight excluding hydrogens is 342 g/mol. The van der Waals surface area contributed by atoms with Crippen LogP contribution in [0.1, 0.15) is 5.56 Å². The minimum absolute atomic E-state index is 0.657. The summed E-state index contributed by atoms with van der Waals surface area (Å²) < 4.78 is 0. The minimum atomic E-state index is 0.657. The summed E-state index contributed by atoms with van der Waals surface area (Å²) in [6.07, 6.45) is 0. The number of rotatable bonds is 2. The lowest BCUT2D eigenvalue weighted by Crippen LogP contribution is -1.84.